The van der Waals surface area contributed by atoms with E-state index in [0.717, 1.165) is 0 Å². The normalized spacial score (nSPS) is 11.7. The first-order valence-electron chi connectivity index (χ1n) is 5.06. The fraction of sp³-hybridized carbons (Fsp3) is 0.300. The molecule has 2 rings (SSSR count). The molecule has 5 nitrogen and oxygen atoms in total. The molecule has 96 valence electrons. The molecule has 0 fully saturated rings. The summed E-state index contributed by atoms with van der Waals surface area (Å²) in [6, 6.07) is 3.21. The van der Waals surface area contributed by atoms with Gasteiger partial charge in [-0.05, 0) is 12.1 Å². The number of aromatic nitrogens is 3. The van der Waals surface area contributed by atoms with Crippen LogP contribution in [0.25, 0.3) is 11.6 Å². The first kappa shape index (κ1) is 12.3. The SMILES string of the molecule is Nc1cccnc1-c1nc(CCC(F)(F)F)no1. The van der Waals surface area contributed by atoms with Crippen molar-refractivity contribution in [3.63, 3.8) is 0 Å². The van der Waals surface area contributed by atoms with E-state index in [-0.39, 0.29) is 23.8 Å². The Hall–Kier alpha value is -2.12. The molecular formula is C10H9F3N4O. The van der Waals surface area contributed by atoms with Gasteiger partial charge >= 0.3 is 6.18 Å². The number of aryl methyl sites for hydroxylation is 1. The fourth-order valence-corrected chi connectivity index (χ4v) is 1.30. The third kappa shape index (κ3) is 2.96. The van der Waals surface area contributed by atoms with E-state index in [2.05, 4.69) is 15.1 Å². The minimum atomic E-state index is -4.25. The van der Waals surface area contributed by atoms with Gasteiger partial charge < -0.3 is 10.3 Å². The van der Waals surface area contributed by atoms with E-state index in [9.17, 15) is 13.2 Å². The van der Waals surface area contributed by atoms with Crippen LogP contribution in [0.2, 0.25) is 0 Å². The second-order valence-corrected chi connectivity index (χ2v) is 3.57. The largest absolute Gasteiger partial charge is 0.397 e. The van der Waals surface area contributed by atoms with Gasteiger partial charge in [0, 0.05) is 12.6 Å². The minimum Gasteiger partial charge on any atom is -0.397 e. The van der Waals surface area contributed by atoms with Crippen molar-refractivity contribution in [2.24, 2.45) is 0 Å². The number of rotatable bonds is 3. The first-order chi connectivity index (χ1) is 8.46. The van der Waals surface area contributed by atoms with Gasteiger partial charge in [-0.1, -0.05) is 5.16 Å². The highest BCUT2D eigenvalue weighted by Crippen LogP contribution is 2.24. The maximum Gasteiger partial charge on any atom is 0.389 e. The lowest BCUT2D eigenvalue weighted by Crippen LogP contribution is -2.09. The second-order valence-electron chi connectivity index (χ2n) is 3.57. The molecule has 0 aromatic carbocycles. The summed E-state index contributed by atoms with van der Waals surface area (Å²) < 4.78 is 40.9. The summed E-state index contributed by atoms with van der Waals surface area (Å²) in [7, 11) is 0. The number of nitrogens with zero attached hydrogens (tertiary/aromatic N) is 3. The maximum absolute atomic E-state index is 12.0. The van der Waals surface area contributed by atoms with E-state index < -0.39 is 12.6 Å². The van der Waals surface area contributed by atoms with Crippen LogP contribution in [-0.2, 0) is 6.42 Å². The molecule has 0 bridgehead atoms. The van der Waals surface area contributed by atoms with Gasteiger partial charge in [-0.15, -0.1) is 0 Å². The number of nitrogen functional groups attached to an aromatic ring is 1. The number of pyridine rings is 1. The highest BCUT2D eigenvalue weighted by atomic mass is 19.4. The Kier molecular flexibility index (Phi) is 3.17. The Morgan fingerprint density at radius 1 is 1.33 bits per heavy atom. The Morgan fingerprint density at radius 2 is 2.11 bits per heavy atom. The summed E-state index contributed by atoms with van der Waals surface area (Å²) in [5.74, 6) is -0.00217. The van der Waals surface area contributed by atoms with Gasteiger partial charge in [-0.2, -0.15) is 18.2 Å². The average Bonchev–Trinajstić information content (AvgIpc) is 2.75. The van der Waals surface area contributed by atoms with Crippen LogP contribution < -0.4 is 5.73 Å². The highest BCUT2D eigenvalue weighted by Gasteiger charge is 2.27. The molecule has 0 saturated heterocycles. The lowest BCUT2D eigenvalue weighted by Gasteiger charge is -2.01. The third-order valence-corrected chi connectivity index (χ3v) is 2.14. The van der Waals surface area contributed by atoms with Crippen LogP contribution in [0.15, 0.2) is 22.9 Å². The smallest absolute Gasteiger partial charge is 0.389 e. The van der Waals surface area contributed by atoms with Gasteiger partial charge in [0.05, 0.1) is 12.1 Å². The summed E-state index contributed by atoms with van der Waals surface area (Å²) in [5, 5.41) is 3.46. The van der Waals surface area contributed by atoms with Crippen LogP contribution in [-0.4, -0.2) is 21.3 Å². The van der Waals surface area contributed by atoms with Gasteiger partial charge in [-0.3, -0.25) is 0 Å². The predicted molar refractivity (Wildman–Crippen MR) is 56.3 cm³/mol. The Morgan fingerprint density at radius 3 is 2.78 bits per heavy atom. The van der Waals surface area contributed by atoms with Crippen LogP contribution in [0.1, 0.15) is 12.2 Å². The Bertz CT molecular complexity index is 538. The van der Waals surface area contributed by atoms with Gasteiger partial charge in [0.15, 0.2) is 11.5 Å². The molecule has 0 saturated carbocycles. The van der Waals surface area contributed by atoms with Gasteiger partial charge in [-0.25, -0.2) is 4.98 Å². The molecule has 0 aliphatic carbocycles. The number of hydrogen-bond donors (Lipinski definition) is 1. The van der Waals surface area contributed by atoms with Crippen LogP contribution in [0.3, 0.4) is 0 Å². The van der Waals surface area contributed by atoms with Crippen LogP contribution in [0, 0.1) is 0 Å². The van der Waals surface area contributed by atoms with Crippen molar-refractivity contribution in [3.05, 3.63) is 24.2 Å². The summed E-state index contributed by atoms with van der Waals surface area (Å²) in [4.78, 5) is 7.75. The Balaban J connectivity index is 2.14. The molecule has 2 aromatic heterocycles. The molecule has 0 aliphatic rings. The molecule has 8 heteroatoms. The minimum absolute atomic E-state index is 0.0188. The zero-order chi connectivity index (χ0) is 13.2. The lowest BCUT2D eigenvalue weighted by atomic mass is 10.3. The van der Waals surface area contributed by atoms with E-state index in [1.165, 1.54) is 6.20 Å². The molecule has 0 unspecified atom stereocenters. The number of nitrogens with two attached hydrogens (primary N) is 1. The molecule has 0 atom stereocenters. The average molecular weight is 258 g/mol. The number of alkyl halides is 3. The number of halogens is 3. The molecule has 2 heterocycles. The third-order valence-electron chi connectivity index (χ3n) is 2.14. The summed E-state index contributed by atoms with van der Waals surface area (Å²) in [6.45, 7) is 0. The predicted octanol–water partition coefficient (Wildman–Crippen LogP) is 2.21. The molecule has 0 spiro atoms. The van der Waals surface area contributed by atoms with Crippen molar-refractivity contribution in [3.8, 4) is 11.6 Å². The van der Waals surface area contributed by atoms with E-state index in [1.807, 2.05) is 0 Å². The van der Waals surface area contributed by atoms with Crippen molar-refractivity contribution in [1.29, 1.82) is 0 Å². The first-order valence-corrected chi connectivity index (χ1v) is 5.06. The van der Waals surface area contributed by atoms with Crippen LogP contribution >= 0.6 is 0 Å². The monoisotopic (exact) mass is 258 g/mol. The molecule has 18 heavy (non-hydrogen) atoms. The quantitative estimate of drug-likeness (QED) is 0.913. The van der Waals surface area contributed by atoms with E-state index in [4.69, 9.17) is 10.3 Å². The molecule has 0 aliphatic heterocycles. The topological polar surface area (TPSA) is 77.8 Å². The van der Waals surface area contributed by atoms with Crippen LogP contribution in [0.4, 0.5) is 18.9 Å². The van der Waals surface area contributed by atoms with Gasteiger partial charge in [0.25, 0.3) is 5.89 Å². The fourth-order valence-electron chi connectivity index (χ4n) is 1.30. The van der Waals surface area contributed by atoms with Gasteiger partial charge in [0.2, 0.25) is 0 Å². The second kappa shape index (κ2) is 4.63. The molecule has 2 N–H and O–H groups in total. The number of hydrogen-bond acceptors (Lipinski definition) is 5. The zero-order valence-corrected chi connectivity index (χ0v) is 9.11. The van der Waals surface area contributed by atoms with Crippen molar-refractivity contribution in [1.82, 2.24) is 15.1 Å². The Labute approximate surface area is 99.8 Å². The lowest BCUT2D eigenvalue weighted by molar-refractivity contribution is -0.134. The standard InChI is InChI=1S/C10H9F3N4O/c11-10(12,13)4-3-7-16-9(18-17-7)8-6(14)2-1-5-15-8/h1-2,5H,3-4,14H2. The summed E-state index contributed by atoms with van der Waals surface area (Å²) in [5.41, 5.74) is 6.22. The molecular weight excluding hydrogens is 249 g/mol. The van der Waals surface area contributed by atoms with Crippen molar-refractivity contribution in [2.75, 3.05) is 5.73 Å². The van der Waals surface area contributed by atoms with Crippen molar-refractivity contribution >= 4 is 5.69 Å². The molecule has 0 amide bonds. The maximum atomic E-state index is 12.0. The summed E-state index contributed by atoms with van der Waals surface area (Å²) in [6.07, 6.45) is -4.10. The number of anilines is 1. The molecule has 2 aromatic rings. The van der Waals surface area contributed by atoms with Crippen molar-refractivity contribution in [2.45, 2.75) is 19.0 Å². The zero-order valence-electron chi connectivity index (χ0n) is 9.11. The highest BCUT2D eigenvalue weighted by molar-refractivity contribution is 5.65. The van der Waals surface area contributed by atoms with Crippen LogP contribution in [0.5, 0.6) is 0 Å². The van der Waals surface area contributed by atoms with Gasteiger partial charge in [0.1, 0.15) is 0 Å². The van der Waals surface area contributed by atoms with E-state index in [0.29, 0.717) is 5.69 Å². The molecule has 0 radical (unpaired) electrons. The van der Waals surface area contributed by atoms with E-state index >= 15 is 0 Å². The van der Waals surface area contributed by atoms with E-state index in [1.54, 1.807) is 12.1 Å². The summed E-state index contributed by atoms with van der Waals surface area (Å²) >= 11 is 0. The van der Waals surface area contributed by atoms with Crippen molar-refractivity contribution < 1.29 is 17.7 Å².